The lowest BCUT2D eigenvalue weighted by molar-refractivity contribution is -0.131. The van der Waals surface area contributed by atoms with Gasteiger partial charge in [-0.05, 0) is 38.5 Å². The zero-order valence-corrected chi connectivity index (χ0v) is 7.99. The van der Waals surface area contributed by atoms with Gasteiger partial charge in [-0.15, -0.1) is 0 Å². The predicted molar refractivity (Wildman–Crippen MR) is 43.5 cm³/mol. The normalized spacial score (nSPS) is 12.9. The molecular formula is C3HBrClIO2. The average molecular weight is 311 g/mol. The van der Waals surface area contributed by atoms with Gasteiger partial charge < -0.3 is 5.11 Å². The fraction of sp³-hybridized carbons (Fsp3) is 0. The van der Waals surface area contributed by atoms with Crippen LogP contribution in [0, 0.1) is 0 Å². The van der Waals surface area contributed by atoms with Crippen molar-refractivity contribution in [2.75, 3.05) is 0 Å². The van der Waals surface area contributed by atoms with Gasteiger partial charge in [0.1, 0.15) is 7.52 Å². The zero-order valence-electron chi connectivity index (χ0n) is 3.49. The summed E-state index contributed by atoms with van der Waals surface area (Å²) in [6, 6.07) is 0. The highest BCUT2D eigenvalue weighted by atomic mass is 127. The summed E-state index contributed by atoms with van der Waals surface area (Å²) in [5.74, 6) is -1.02. The van der Waals surface area contributed by atoms with Crippen molar-refractivity contribution in [3.63, 3.8) is 0 Å². The molecule has 0 aliphatic carbocycles. The Hall–Kier alpha value is 0.710. The Kier molecular flexibility index (Phi) is 4.01. The van der Waals surface area contributed by atoms with Crippen LogP contribution in [0.1, 0.15) is 0 Å². The number of hydrogen-bond acceptors (Lipinski definition) is 1. The number of rotatable bonds is 1. The van der Waals surface area contributed by atoms with E-state index in [0.29, 0.717) is 0 Å². The van der Waals surface area contributed by atoms with E-state index in [1.165, 1.54) is 0 Å². The van der Waals surface area contributed by atoms with E-state index in [1.54, 1.807) is 22.6 Å². The Morgan fingerprint density at radius 2 is 2.12 bits per heavy atom. The fourth-order valence-electron chi connectivity index (χ4n) is 0.0808. The van der Waals surface area contributed by atoms with Crippen molar-refractivity contribution in [3.8, 4) is 0 Å². The molecule has 0 bridgehead atoms. The molecule has 0 spiro atoms. The van der Waals surface area contributed by atoms with Crippen molar-refractivity contribution in [1.82, 2.24) is 0 Å². The summed E-state index contributed by atoms with van der Waals surface area (Å²) in [6.07, 6.45) is 0. The molecule has 8 heavy (non-hydrogen) atoms. The number of carboxylic acids is 1. The van der Waals surface area contributed by atoms with Crippen LogP contribution >= 0.6 is 50.1 Å². The van der Waals surface area contributed by atoms with Crippen LogP contribution < -0.4 is 0 Å². The summed E-state index contributed by atoms with van der Waals surface area (Å²) in [5.41, 5.74) is 0. The second-order valence-electron chi connectivity index (χ2n) is 0.880. The van der Waals surface area contributed by atoms with Crippen LogP contribution in [-0.4, -0.2) is 11.1 Å². The molecule has 0 aromatic rings. The monoisotopic (exact) mass is 310 g/mol. The fourth-order valence-corrected chi connectivity index (χ4v) is 0.331. The Labute approximate surface area is 73.2 Å². The third-order valence-corrected chi connectivity index (χ3v) is 3.00. The predicted octanol–water partition coefficient (Wildman–Crippen LogP) is 2.31. The maximum atomic E-state index is 9.96. The summed E-state index contributed by atoms with van der Waals surface area (Å²) < 4.78 is 0.217. The Balaban J connectivity index is 4.23. The van der Waals surface area contributed by atoms with Crippen LogP contribution in [-0.2, 0) is 4.79 Å². The van der Waals surface area contributed by atoms with Crippen molar-refractivity contribution >= 4 is 56.1 Å². The van der Waals surface area contributed by atoms with Gasteiger partial charge in [-0.1, -0.05) is 11.6 Å². The van der Waals surface area contributed by atoms with E-state index >= 15 is 0 Å². The summed E-state index contributed by atoms with van der Waals surface area (Å²) in [7, 11) is 0. The molecule has 0 aliphatic heterocycles. The molecule has 0 saturated heterocycles. The van der Waals surface area contributed by atoms with Gasteiger partial charge in [0, 0.05) is 0 Å². The van der Waals surface area contributed by atoms with Crippen LogP contribution in [0.3, 0.4) is 0 Å². The largest absolute Gasteiger partial charge is 0.477 e. The van der Waals surface area contributed by atoms with Crippen LogP contribution in [0.4, 0.5) is 0 Å². The smallest absolute Gasteiger partial charge is 0.344 e. The topological polar surface area (TPSA) is 37.3 Å². The van der Waals surface area contributed by atoms with E-state index in [2.05, 4.69) is 15.9 Å². The summed E-state index contributed by atoms with van der Waals surface area (Å²) in [6.45, 7) is 0. The lowest BCUT2D eigenvalue weighted by atomic mass is 10.7. The van der Waals surface area contributed by atoms with Gasteiger partial charge >= 0.3 is 5.97 Å². The molecule has 0 aromatic heterocycles. The highest BCUT2D eigenvalue weighted by molar-refractivity contribution is 14.1. The van der Waals surface area contributed by atoms with Crippen molar-refractivity contribution in [1.29, 1.82) is 0 Å². The molecule has 0 rings (SSSR count). The van der Waals surface area contributed by atoms with E-state index in [4.69, 9.17) is 16.7 Å². The van der Waals surface area contributed by atoms with E-state index in [9.17, 15) is 4.79 Å². The first-order valence-corrected chi connectivity index (χ1v) is 3.74. The van der Waals surface area contributed by atoms with Crippen LogP contribution in [0.15, 0.2) is 7.52 Å². The first kappa shape index (κ1) is 8.71. The molecule has 0 aromatic carbocycles. The van der Waals surface area contributed by atoms with Crippen molar-refractivity contribution in [2.45, 2.75) is 0 Å². The maximum absolute atomic E-state index is 9.96. The van der Waals surface area contributed by atoms with E-state index < -0.39 is 5.97 Å². The lowest BCUT2D eigenvalue weighted by Crippen LogP contribution is -1.92. The minimum Gasteiger partial charge on any atom is -0.477 e. The minimum absolute atomic E-state index is 0.0873. The Bertz CT molecular complexity index is 140. The minimum atomic E-state index is -1.02. The number of carboxylic acid groups (broad SMARTS) is 1. The third-order valence-electron chi connectivity index (χ3n) is 0.354. The molecule has 0 heterocycles. The first-order chi connectivity index (χ1) is 3.55. The second kappa shape index (κ2) is 3.68. The molecule has 1 N–H and O–H groups in total. The molecule has 2 nitrogen and oxygen atoms in total. The van der Waals surface area contributed by atoms with Crippen LogP contribution in [0.5, 0.6) is 0 Å². The zero-order chi connectivity index (χ0) is 6.73. The Morgan fingerprint density at radius 3 is 2.12 bits per heavy atom. The maximum Gasteiger partial charge on any atom is 0.344 e. The number of hydrogen-bond donors (Lipinski definition) is 1. The standard InChI is InChI=1S/C3HBrClIO2/c4-2(5)1(6)3(7)8/h(H,7,8). The highest BCUT2D eigenvalue weighted by Gasteiger charge is 2.04. The van der Waals surface area contributed by atoms with Gasteiger partial charge in [0.15, 0.2) is 0 Å². The Morgan fingerprint density at radius 1 is 1.75 bits per heavy atom. The molecule has 0 radical (unpaired) electrons. The molecule has 0 fully saturated rings. The lowest BCUT2D eigenvalue weighted by Gasteiger charge is -1.86. The number of aliphatic carboxylic acids is 1. The molecule has 0 aliphatic rings. The van der Waals surface area contributed by atoms with Crippen molar-refractivity contribution < 1.29 is 9.90 Å². The van der Waals surface area contributed by atoms with E-state index in [0.717, 1.165) is 0 Å². The third kappa shape index (κ3) is 2.88. The van der Waals surface area contributed by atoms with Gasteiger partial charge in [0.2, 0.25) is 0 Å². The molecule has 46 valence electrons. The second-order valence-corrected chi connectivity index (χ2v) is 3.59. The van der Waals surface area contributed by atoms with Gasteiger partial charge in [-0.2, -0.15) is 0 Å². The average Bonchev–Trinajstić information content (AvgIpc) is 1.64. The van der Waals surface area contributed by atoms with Crippen LogP contribution in [0.2, 0.25) is 0 Å². The van der Waals surface area contributed by atoms with Gasteiger partial charge in [0.25, 0.3) is 0 Å². The van der Waals surface area contributed by atoms with E-state index in [1.807, 2.05) is 0 Å². The van der Waals surface area contributed by atoms with Crippen molar-refractivity contribution in [2.24, 2.45) is 0 Å². The van der Waals surface area contributed by atoms with Gasteiger partial charge in [-0.25, -0.2) is 4.79 Å². The SMILES string of the molecule is O=C(O)C(I)=C(Cl)Br. The van der Waals surface area contributed by atoms with E-state index in [-0.39, 0.29) is 7.52 Å². The van der Waals surface area contributed by atoms with Gasteiger partial charge in [0.05, 0.1) is 0 Å². The summed E-state index contributed by atoms with van der Waals surface area (Å²) in [5, 5.41) is 8.17. The molecule has 0 atom stereocenters. The van der Waals surface area contributed by atoms with Gasteiger partial charge in [-0.3, -0.25) is 0 Å². The summed E-state index contributed by atoms with van der Waals surface area (Å²) in [4.78, 5) is 9.96. The molecule has 0 amide bonds. The van der Waals surface area contributed by atoms with Crippen LogP contribution in [0.25, 0.3) is 0 Å². The first-order valence-electron chi connectivity index (χ1n) is 1.49. The van der Waals surface area contributed by atoms with Crippen molar-refractivity contribution in [3.05, 3.63) is 7.52 Å². The molecule has 0 saturated carbocycles. The highest BCUT2D eigenvalue weighted by Crippen LogP contribution is 2.21. The summed E-state index contributed by atoms with van der Waals surface area (Å²) >= 11 is 9.65. The quantitative estimate of drug-likeness (QED) is 0.596. The number of carbonyl (C=O) groups is 1. The number of halogens is 3. The molecular weight excluding hydrogens is 310 g/mol. The molecule has 5 heteroatoms. The molecule has 0 unspecified atom stereocenters.